The number of rotatable bonds is 5. The second kappa shape index (κ2) is 8.32. The maximum atomic E-state index is 12.7. The van der Waals surface area contributed by atoms with Crippen molar-refractivity contribution in [1.82, 2.24) is 15.1 Å². The van der Waals surface area contributed by atoms with E-state index in [0.29, 0.717) is 6.54 Å². The molecule has 2 rings (SSSR count). The van der Waals surface area contributed by atoms with Crippen molar-refractivity contribution < 1.29 is 9.59 Å². The number of carbonyl (C=O) groups is 2. The Balaban J connectivity index is 1.87. The van der Waals surface area contributed by atoms with Crippen LogP contribution in [-0.2, 0) is 9.59 Å². The minimum absolute atomic E-state index is 0.0577. The fraction of sp³-hybridized carbons (Fsp3) is 0.895. The molecule has 24 heavy (non-hydrogen) atoms. The second-order valence-electron chi connectivity index (χ2n) is 8.46. The highest BCUT2D eigenvalue weighted by atomic mass is 16.2. The average molecular weight is 338 g/mol. The Hall–Kier alpha value is -1.10. The fourth-order valence-corrected chi connectivity index (χ4v) is 3.72. The van der Waals surface area contributed by atoms with Crippen LogP contribution in [0.4, 0.5) is 0 Å². The molecule has 0 spiro atoms. The molecular formula is C19H35N3O2. The summed E-state index contributed by atoms with van der Waals surface area (Å²) < 4.78 is 0. The molecule has 2 aliphatic rings. The molecule has 0 saturated carbocycles. The zero-order valence-electron chi connectivity index (χ0n) is 15.9. The number of nitrogens with zero attached hydrogens (tertiary/aromatic N) is 2. The van der Waals surface area contributed by atoms with Gasteiger partial charge in [0.2, 0.25) is 11.8 Å². The van der Waals surface area contributed by atoms with Crippen molar-refractivity contribution in [3.8, 4) is 0 Å². The lowest BCUT2D eigenvalue weighted by Gasteiger charge is -2.36. The minimum atomic E-state index is -0.375. The van der Waals surface area contributed by atoms with E-state index in [1.165, 1.54) is 12.8 Å². The van der Waals surface area contributed by atoms with Crippen LogP contribution >= 0.6 is 0 Å². The van der Waals surface area contributed by atoms with E-state index >= 15 is 0 Å². The molecule has 5 heteroatoms. The molecule has 0 bridgehead atoms. The molecule has 2 saturated heterocycles. The number of likely N-dealkylation sites (tertiary alicyclic amines) is 2. The van der Waals surface area contributed by atoms with Gasteiger partial charge in [0.15, 0.2) is 0 Å². The van der Waals surface area contributed by atoms with Crippen molar-refractivity contribution in [3.63, 3.8) is 0 Å². The van der Waals surface area contributed by atoms with Gasteiger partial charge in [-0.15, -0.1) is 0 Å². The van der Waals surface area contributed by atoms with Crippen LogP contribution in [0.2, 0.25) is 0 Å². The van der Waals surface area contributed by atoms with Gasteiger partial charge in [-0.1, -0.05) is 27.7 Å². The van der Waals surface area contributed by atoms with Crippen molar-refractivity contribution in [2.45, 2.75) is 65.8 Å². The van der Waals surface area contributed by atoms with Gasteiger partial charge in [-0.05, 0) is 45.2 Å². The third kappa shape index (κ3) is 5.20. The van der Waals surface area contributed by atoms with E-state index in [4.69, 9.17) is 0 Å². The highest BCUT2D eigenvalue weighted by molar-refractivity contribution is 5.84. The average Bonchev–Trinajstić information content (AvgIpc) is 3.05. The minimum Gasteiger partial charge on any atom is -0.352 e. The van der Waals surface area contributed by atoms with Crippen LogP contribution in [0.3, 0.4) is 0 Å². The van der Waals surface area contributed by atoms with Crippen molar-refractivity contribution in [3.05, 3.63) is 0 Å². The highest BCUT2D eigenvalue weighted by Crippen LogP contribution is 2.23. The Labute approximate surface area is 147 Å². The number of amides is 2. The molecular weight excluding hydrogens is 302 g/mol. The predicted octanol–water partition coefficient (Wildman–Crippen LogP) is 2.26. The van der Waals surface area contributed by atoms with Crippen LogP contribution in [0.15, 0.2) is 0 Å². The molecule has 0 aromatic carbocycles. The Morgan fingerprint density at radius 3 is 2.38 bits per heavy atom. The number of carbonyl (C=O) groups excluding carboxylic acids is 2. The first-order valence-electron chi connectivity index (χ1n) is 9.63. The Bertz CT molecular complexity index is 438. The van der Waals surface area contributed by atoms with E-state index in [-0.39, 0.29) is 29.2 Å². The quantitative estimate of drug-likeness (QED) is 0.837. The van der Waals surface area contributed by atoms with Crippen LogP contribution in [0, 0.1) is 11.3 Å². The first-order chi connectivity index (χ1) is 11.3. The van der Waals surface area contributed by atoms with E-state index in [2.05, 4.69) is 17.1 Å². The van der Waals surface area contributed by atoms with Crippen LogP contribution in [0.25, 0.3) is 0 Å². The van der Waals surface area contributed by atoms with Gasteiger partial charge in [0, 0.05) is 31.1 Å². The molecule has 0 aromatic heterocycles. The summed E-state index contributed by atoms with van der Waals surface area (Å²) in [5.74, 6) is 0.231. The molecule has 1 N–H and O–H groups in total. The van der Waals surface area contributed by atoms with E-state index in [0.717, 1.165) is 45.4 Å². The monoisotopic (exact) mass is 337 g/mol. The van der Waals surface area contributed by atoms with E-state index in [1.807, 2.05) is 25.7 Å². The molecule has 0 aromatic rings. The molecule has 2 unspecified atom stereocenters. The first-order valence-corrected chi connectivity index (χ1v) is 9.63. The van der Waals surface area contributed by atoms with Crippen LogP contribution in [0.1, 0.15) is 59.8 Å². The molecule has 2 atom stereocenters. The van der Waals surface area contributed by atoms with Crippen molar-refractivity contribution in [2.75, 3.05) is 32.7 Å². The summed E-state index contributed by atoms with van der Waals surface area (Å²) in [5.41, 5.74) is -0.375. The van der Waals surface area contributed by atoms with E-state index in [1.54, 1.807) is 0 Å². The van der Waals surface area contributed by atoms with Gasteiger partial charge in [0.1, 0.15) is 0 Å². The Kier molecular flexibility index (Phi) is 6.67. The van der Waals surface area contributed by atoms with Crippen LogP contribution < -0.4 is 5.32 Å². The molecule has 5 nitrogen and oxygen atoms in total. The summed E-state index contributed by atoms with van der Waals surface area (Å²) in [5, 5.41) is 3.24. The van der Waals surface area contributed by atoms with Gasteiger partial charge < -0.3 is 15.1 Å². The van der Waals surface area contributed by atoms with Gasteiger partial charge in [0.05, 0.1) is 5.92 Å². The largest absolute Gasteiger partial charge is 0.352 e. The number of nitrogens with one attached hydrogen (secondary N) is 1. The lowest BCUT2D eigenvalue weighted by molar-refractivity contribution is -0.142. The summed E-state index contributed by atoms with van der Waals surface area (Å²) in [6.07, 6.45) is 5.32. The van der Waals surface area contributed by atoms with Crippen LogP contribution in [-0.4, -0.2) is 60.4 Å². The smallest absolute Gasteiger partial charge is 0.227 e. The second-order valence-corrected chi connectivity index (χ2v) is 8.46. The van der Waals surface area contributed by atoms with Gasteiger partial charge in [-0.25, -0.2) is 0 Å². The van der Waals surface area contributed by atoms with Gasteiger partial charge in [-0.3, -0.25) is 9.59 Å². The zero-order chi connectivity index (χ0) is 17.7. The summed E-state index contributed by atoms with van der Waals surface area (Å²) >= 11 is 0. The predicted molar refractivity (Wildman–Crippen MR) is 96.7 cm³/mol. The summed E-state index contributed by atoms with van der Waals surface area (Å²) in [7, 11) is 0. The zero-order valence-corrected chi connectivity index (χ0v) is 15.9. The highest BCUT2D eigenvalue weighted by Gasteiger charge is 2.34. The molecule has 2 amide bonds. The summed E-state index contributed by atoms with van der Waals surface area (Å²) in [6, 6.07) is 0.226. The molecule has 2 fully saturated rings. The summed E-state index contributed by atoms with van der Waals surface area (Å²) in [4.78, 5) is 29.5. The van der Waals surface area contributed by atoms with Crippen molar-refractivity contribution in [2.24, 2.45) is 11.3 Å². The molecule has 0 radical (unpaired) electrons. The Morgan fingerprint density at radius 2 is 1.79 bits per heavy atom. The van der Waals surface area contributed by atoms with Gasteiger partial charge in [-0.2, -0.15) is 0 Å². The maximum absolute atomic E-state index is 12.7. The maximum Gasteiger partial charge on any atom is 0.227 e. The third-order valence-corrected chi connectivity index (χ3v) is 5.24. The Morgan fingerprint density at radius 1 is 1.12 bits per heavy atom. The third-order valence-electron chi connectivity index (χ3n) is 5.24. The lowest BCUT2D eigenvalue weighted by Crippen LogP contribution is -2.51. The van der Waals surface area contributed by atoms with Crippen molar-refractivity contribution >= 4 is 11.8 Å². The van der Waals surface area contributed by atoms with Crippen LogP contribution in [0.5, 0.6) is 0 Å². The molecule has 0 aliphatic carbocycles. The van der Waals surface area contributed by atoms with Gasteiger partial charge >= 0.3 is 0 Å². The number of piperidine rings is 1. The summed E-state index contributed by atoms with van der Waals surface area (Å²) in [6.45, 7) is 12.6. The molecule has 2 aliphatic heterocycles. The topological polar surface area (TPSA) is 52.7 Å². The fourth-order valence-electron chi connectivity index (χ4n) is 3.72. The first kappa shape index (κ1) is 19.2. The number of hydrogen-bond donors (Lipinski definition) is 1. The SMILES string of the molecule is CCC(CN1CCCC1)NC(=O)C1CCCN(C(=O)C(C)(C)C)C1. The normalized spacial score (nSPS) is 24.0. The van der Waals surface area contributed by atoms with Crippen molar-refractivity contribution in [1.29, 1.82) is 0 Å². The lowest BCUT2D eigenvalue weighted by atomic mass is 9.90. The number of hydrogen-bond acceptors (Lipinski definition) is 3. The molecule has 2 heterocycles. The van der Waals surface area contributed by atoms with E-state index < -0.39 is 0 Å². The molecule has 138 valence electrons. The van der Waals surface area contributed by atoms with E-state index in [9.17, 15) is 9.59 Å². The standard InChI is InChI=1S/C19H35N3O2/c1-5-16(14-21-10-6-7-11-21)20-17(23)15-9-8-12-22(13-15)18(24)19(2,3)4/h15-16H,5-14H2,1-4H3,(H,20,23). The van der Waals surface area contributed by atoms with Gasteiger partial charge in [0.25, 0.3) is 0 Å².